The topological polar surface area (TPSA) is 41.8 Å². The Hall–Kier alpha value is -1.47. The molecule has 0 atom stereocenters. The van der Waals surface area contributed by atoms with Crippen molar-refractivity contribution in [3.63, 3.8) is 0 Å². The van der Waals surface area contributed by atoms with Crippen molar-refractivity contribution in [3.8, 4) is 11.3 Å². The van der Waals surface area contributed by atoms with Gasteiger partial charge in [0.15, 0.2) is 0 Å². The van der Waals surface area contributed by atoms with Gasteiger partial charge in [0.1, 0.15) is 11.6 Å². The number of hydrogen-bond donors (Lipinski definition) is 2. The number of benzene rings is 2. The van der Waals surface area contributed by atoms with E-state index in [1.165, 1.54) is 12.1 Å². The van der Waals surface area contributed by atoms with Gasteiger partial charge in [-0.1, -0.05) is 0 Å². The molecule has 2 nitrogen and oxygen atoms in total. The van der Waals surface area contributed by atoms with Crippen LogP contribution < -0.4 is 5.73 Å². The van der Waals surface area contributed by atoms with Gasteiger partial charge in [-0.2, -0.15) is 0 Å². The minimum atomic E-state index is -0.568. The molecule has 0 aliphatic rings. The molecule has 0 saturated carbocycles. The monoisotopic (exact) mass is 426 g/mol. The summed E-state index contributed by atoms with van der Waals surface area (Å²) in [7, 11) is 0. The maximum Gasteiger partial charge on any atom is 0.135 e. The van der Waals surface area contributed by atoms with Crippen LogP contribution in [-0.4, -0.2) is 11.5 Å². The maximum absolute atomic E-state index is 14.2. The van der Waals surface area contributed by atoms with Gasteiger partial charge in [0, 0.05) is 26.1 Å². The van der Waals surface area contributed by atoms with Crippen LogP contribution >= 0.6 is 22.6 Å². The summed E-state index contributed by atoms with van der Waals surface area (Å²) in [6.07, 6.45) is 2.66. The van der Waals surface area contributed by atoms with Crippen molar-refractivity contribution in [2.45, 2.75) is 19.3 Å². The van der Waals surface area contributed by atoms with Gasteiger partial charge >= 0.3 is 0 Å². The number of H-pyrrole nitrogens is 1. The summed E-state index contributed by atoms with van der Waals surface area (Å²) < 4.78 is 28.6. The third kappa shape index (κ3) is 3.40. The van der Waals surface area contributed by atoms with E-state index < -0.39 is 11.6 Å². The van der Waals surface area contributed by atoms with Crippen LogP contribution in [0.4, 0.5) is 8.78 Å². The van der Waals surface area contributed by atoms with Gasteiger partial charge in [-0.3, -0.25) is 0 Å². The molecule has 120 valence electrons. The van der Waals surface area contributed by atoms with E-state index in [1.54, 1.807) is 0 Å². The highest BCUT2D eigenvalue weighted by Gasteiger charge is 2.16. The Morgan fingerprint density at radius 1 is 1.04 bits per heavy atom. The van der Waals surface area contributed by atoms with Crippen molar-refractivity contribution < 1.29 is 8.78 Å². The number of aromatic amines is 1. The van der Waals surface area contributed by atoms with E-state index in [0.717, 1.165) is 51.1 Å². The van der Waals surface area contributed by atoms with E-state index >= 15 is 0 Å². The third-order valence-electron chi connectivity index (χ3n) is 3.95. The van der Waals surface area contributed by atoms with Crippen LogP contribution in [0.5, 0.6) is 0 Å². The Bertz CT molecular complexity index is 842. The van der Waals surface area contributed by atoms with Gasteiger partial charge in [-0.25, -0.2) is 8.78 Å². The lowest BCUT2D eigenvalue weighted by Crippen LogP contribution is -1.99. The summed E-state index contributed by atoms with van der Waals surface area (Å²) in [6, 6.07) is 9.80. The zero-order valence-electron chi connectivity index (χ0n) is 12.5. The zero-order chi connectivity index (χ0) is 16.4. The normalized spacial score (nSPS) is 11.3. The SMILES string of the molecule is NCCCCc1c(-c2ccc(F)cc2F)[nH]c2ccc(I)cc12. The van der Waals surface area contributed by atoms with Crippen LogP contribution in [0.3, 0.4) is 0 Å². The molecule has 0 saturated heterocycles. The second kappa shape index (κ2) is 6.97. The molecule has 0 spiro atoms. The fourth-order valence-corrected chi connectivity index (χ4v) is 3.34. The maximum atomic E-state index is 14.2. The highest BCUT2D eigenvalue weighted by Crippen LogP contribution is 2.34. The molecule has 0 radical (unpaired) electrons. The summed E-state index contributed by atoms with van der Waals surface area (Å²) in [5, 5.41) is 1.09. The van der Waals surface area contributed by atoms with Gasteiger partial charge in [0.2, 0.25) is 0 Å². The molecule has 1 heterocycles. The molecule has 3 N–H and O–H groups in total. The number of fused-ring (bicyclic) bond motifs is 1. The van der Waals surface area contributed by atoms with E-state index in [1.807, 2.05) is 12.1 Å². The van der Waals surface area contributed by atoms with Crippen molar-refractivity contribution in [1.29, 1.82) is 0 Å². The van der Waals surface area contributed by atoms with Crippen LogP contribution in [0.25, 0.3) is 22.2 Å². The van der Waals surface area contributed by atoms with Crippen LogP contribution in [0.15, 0.2) is 36.4 Å². The molecule has 0 unspecified atom stereocenters. The zero-order valence-corrected chi connectivity index (χ0v) is 14.7. The standard InChI is InChI=1S/C18H17F2IN2/c19-11-4-6-14(16(20)9-11)18-13(3-1-2-8-22)15-10-12(21)5-7-17(15)23-18/h4-7,9-10,23H,1-3,8,22H2. The first-order valence-corrected chi connectivity index (χ1v) is 8.63. The highest BCUT2D eigenvalue weighted by molar-refractivity contribution is 14.1. The predicted molar refractivity (Wildman–Crippen MR) is 98.4 cm³/mol. The molecule has 0 fully saturated rings. The van der Waals surface area contributed by atoms with Gasteiger partial charge in [0.05, 0.1) is 5.69 Å². The van der Waals surface area contributed by atoms with Crippen LogP contribution in [0.2, 0.25) is 0 Å². The summed E-state index contributed by atoms with van der Waals surface area (Å²) in [4.78, 5) is 3.30. The first-order chi connectivity index (χ1) is 11.1. The number of aryl methyl sites for hydroxylation is 1. The fraction of sp³-hybridized carbons (Fsp3) is 0.222. The van der Waals surface area contributed by atoms with Gasteiger partial charge < -0.3 is 10.7 Å². The lowest BCUT2D eigenvalue weighted by atomic mass is 10.00. The highest BCUT2D eigenvalue weighted by atomic mass is 127. The summed E-state index contributed by atoms with van der Waals surface area (Å²) in [5.74, 6) is -1.12. The number of rotatable bonds is 5. The van der Waals surface area contributed by atoms with Crippen LogP contribution in [0, 0.1) is 15.2 Å². The predicted octanol–water partition coefficient (Wildman–Crippen LogP) is 5.00. The number of halogens is 3. The van der Waals surface area contributed by atoms with Crippen molar-refractivity contribution in [3.05, 3.63) is 57.2 Å². The van der Waals surface area contributed by atoms with Gasteiger partial charge in [0.25, 0.3) is 0 Å². The quantitative estimate of drug-likeness (QED) is 0.438. The van der Waals surface area contributed by atoms with E-state index in [9.17, 15) is 8.78 Å². The number of nitrogens with one attached hydrogen (secondary N) is 1. The minimum Gasteiger partial charge on any atom is -0.354 e. The lowest BCUT2D eigenvalue weighted by molar-refractivity contribution is 0.585. The molecule has 0 amide bonds. The Kier molecular flexibility index (Phi) is 4.96. The average molecular weight is 426 g/mol. The van der Waals surface area contributed by atoms with E-state index in [0.29, 0.717) is 12.1 Å². The third-order valence-corrected chi connectivity index (χ3v) is 4.62. The van der Waals surface area contributed by atoms with Crippen LogP contribution in [-0.2, 0) is 6.42 Å². The molecule has 0 aliphatic heterocycles. The van der Waals surface area contributed by atoms with E-state index in [-0.39, 0.29) is 0 Å². The Labute approximate surface area is 147 Å². The van der Waals surface area contributed by atoms with Gasteiger partial charge in [-0.05, 0) is 84.3 Å². The second-order valence-electron chi connectivity index (χ2n) is 5.54. The van der Waals surface area contributed by atoms with Crippen molar-refractivity contribution in [1.82, 2.24) is 4.98 Å². The molecule has 3 rings (SSSR count). The van der Waals surface area contributed by atoms with Crippen molar-refractivity contribution in [2.24, 2.45) is 5.73 Å². The summed E-state index contributed by atoms with van der Waals surface area (Å²) in [5.41, 5.74) is 8.75. The summed E-state index contributed by atoms with van der Waals surface area (Å²) in [6.45, 7) is 0.639. The Balaban J connectivity index is 2.16. The number of nitrogens with two attached hydrogens (primary N) is 1. The number of hydrogen-bond acceptors (Lipinski definition) is 1. The number of unbranched alkanes of at least 4 members (excludes halogenated alkanes) is 1. The molecular formula is C18H17F2IN2. The summed E-state index contributed by atoms with van der Waals surface area (Å²) >= 11 is 2.27. The van der Waals surface area contributed by atoms with Crippen molar-refractivity contribution in [2.75, 3.05) is 6.54 Å². The molecule has 0 bridgehead atoms. The van der Waals surface area contributed by atoms with E-state index in [4.69, 9.17) is 5.73 Å². The minimum absolute atomic E-state index is 0.403. The Morgan fingerprint density at radius 2 is 1.87 bits per heavy atom. The molecular weight excluding hydrogens is 409 g/mol. The molecule has 1 aromatic heterocycles. The molecule has 5 heteroatoms. The second-order valence-corrected chi connectivity index (χ2v) is 6.78. The Morgan fingerprint density at radius 3 is 2.61 bits per heavy atom. The van der Waals surface area contributed by atoms with Crippen LogP contribution in [0.1, 0.15) is 18.4 Å². The largest absolute Gasteiger partial charge is 0.354 e. The molecule has 23 heavy (non-hydrogen) atoms. The van der Waals surface area contributed by atoms with E-state index in [2.05, 4.69) is 33.6 Å². The lowest BCUT2D eigenvalue weighted by Gasteiger charge is -2.06. The smallest absolute Gasteiger partial charge is 0.135 e. The van der Waals surface area contributed by atoms with Gasteiger partial charge in [-0.15, -0.1) is 0 Å². The van der Waals surface area contributed by atoms with Crippen molar-refractivity contribution >= 4 is 33.5 Å². The first-order valence-electron chi connectivity index (χ1n) is 7.55. The number of aromatic nitrogens is 1. The molecule has 2 aromatic carbocycles. The first kappa shape index (κ1) is 16.4. The molecule has 3 aromatic rings. The fourth-order valence-electron chi connectivity index (χ4n) is 2.85. The average Bonchev–Trinajstić information content (AvgIpc) is 2.85. The molecule has 0 aliphatic carbocycles.